The van der Waals surface area contributed by atoms with E-state index in [9.17, 15) is 0 Å². The summed E-state index contributed by atoms with van der Waals surface area (Å²) in [5.74, 6) is 2.13. The van der Waals surface area contributed by atoms with E-state index in [1.54, 1.807) is 0 Å². The Hall–Kier alpha value is -2.52. The molecule has 4 saturated carbocycles. The minimum atomic E-state index is -2.41. The zero-order valence-corrected chi connectivity index (χ0v) is 27.5. The van der Waals surface area contributed by atoms with Crippen LogP contribution in [-0.4, -0.2) is 5.97 Å². The van der Waals surface area contributed by atoms with Gasteiger partial charge in [-0.3, -0.25) is 4.79 Å². The molecule has 41 heavy (non-hydrogen) atoms. The molecule has 218 valence electrons. The number of hydrogen-bond donors (Lipinski definition) is 0. The van der Waals surface area contributed by atoms with Gasteiger partial charge in [0.1, 0.15) is 0 Å². The smallest absolute Gasteiger partial charge is 0.323 e. The van der Waals surface area contributed by atoms with E-state index in [1.807, 2.05) is 0 Å². The zero-order chi connectivity index (χ0) is 29.4. The molecular formula is C38H48O2S. The summed E-state index contributed by atoms with van der Waals surface area (Å²) in [5, 5.41) is 0. The third kappa shape index (κ3) is 4.58. The van der Waals surface area contributed by atoms with Gasteiger partial charge < -0.3 is 4.18 Å². The van der Waals surface area contributed by atoms with E-state index in [-0.39, 0.29) is 11.4 Å². The molecular weight excluding hydrogens is 520 g/mol. The second-order valence-electron chi connectivity index (χ2n) is 14.3. The molecule has 0 radical (unpaired) electrons. The van der Waals surface area contributed by atoms with Crippen molar-refractivity contribution >= 4 is 16.3 Å². The second-order valence-corrected chi connectivity index (χ2v) is 16.8. The largest absolute Gasteiger partial charge is 0.401 e. The standard InChI is InChI=1S/C38H48O2S/c1-22-10-25(4)34(26(5)11-22)41(35-27(6)12-23(2)13-28(35)7,36-29(8)14-24(3)15-30(36)9)40-37(39)38-19-31-16-32(20-38)18-33(17-31)21-38/h10-15,31-33H,16-21H2,1-9H3. The van der Waals surface area contributed by atoms with E-state index >= 15 is 4.79 Å². The van der Waals surface area contributed by atoms with E-state index < -0.39 is 10.3 Å². The number of benzene rings is 3. The lowest BCUT2D eigenvalue weighted by molar-refractivity contribution is -0.160. The van der Waals surface area contributed by atoms with Crippen LogP contribution in [0.1, 0.15) is 88.6 Å². The van der Waals surface area contributed by atoms with E-state index in [2.05, 4.69) is 98.7 Å². The molecule has 0 saturated heterocycles. The Bertz CT molecular complexity index is 1320. The normalized spacial score (nSPS) is 25.4. The molecule has 0 amide bonds. The van der Waals surface area contributed by atoms with E-state index in [1.165, 1.54) is 84.0 Å². The van der Waals surface area contributed by atoms with Crippen molar-refractivity contribution in [2.45, 2.75) is 116 Å². The Morgan fingerprint density at radius 2 is 0.829 bits per heavy atom. The number of aryl methyl sites for hydroxylation is 9. The summed E-state index contributed by atoms with van der Waals surface area (Å²) in [6, 6.07) is 13.8. The van der Waals surface area contributed by atoms with Crippen LogP contribution in [0.25, 0.3) is 0 Å². The van der Waals surface area contributed by atoms with Gasteiger partial charge in [-0.2, -0.15) is 0 Å². The van der Waals surface area contributed by atoms with Crippen molar-refractivity contribution in [3.63, 3.8) is 0 Å². The van der Waals surface area contributed by atoms with Gasteiger partial charge in [0.2, 0.25) is 0 Å². The molecule has 3 aromatic rings. The summed E-state index contributed by atoms with van der Waals surface area (Å²) in [6.45, 7) is 19.9. The van der Waals surface area contributed by atoms with Crippen LogP contribution in [0.15, 0.2) is 51.1 Å². The van der Waals surface area contributed by atoms with Gasteiger partial charge in [0.25, 0.3) is 0 Å². The first-order valence-corrected chi connectivity index (χ1v) is 17.2. The molecule has 4 aliphatic carbocycles. The highest BCUT2D eigenvalue weighted by molar-refractivity contribution is 8.30. The monoisotopic (exact) mass is 568 g/mol. The molecule has 4 bridgehead atoms. The highest BCUT2D eigenvalue weighted by Crippen LogP contribution is 2.75. The van der Waals surface area contributed by atoms with Crippen LogP contribution in [0, 0.1) is 85.5 Å². The van der Waals surface area contributed by atoms with E-state index in [0.717, 1.165) is 19.3 Å². The Balaban J connectivity index is 1.69. The van der Waals surface area contributed by atoms with Crippen molar-refractivity contribution in [3.8, 4) is 0 Å². The molecule has 0 spiro atoms. The third-order valence-corrected chi connectivity index (χ3v) is 14.4. The number of carbonyl (C=O) groups is 1. The number of carbonyl (C=O) groups excluding carboxylic acids is 1. The molecule has 4 aliphatic rings. The molecule has 4 fully saturated rings. The maximum absolute atomic E-state index is 15.1. The molecule has 0 N–H and O–H groups in total. The van der Waals surface area contributed by atoms with Crippen LogP contribution in [0.3, 0.4) is 0 Å². The van der Waals surface area contributed by atoms with Crippen molar-refractivity contribution in [1.29, 1.82) is 0 Å². The minimum absolute atomic E-state index is 0.0738. The highest BCUT2D eigenvalue weighted by atomic mass is 32.3. The van der Waals surface area contributed by atoms with Crippen LogP contribution in [0.2, 0.25) is 0 Å². The van der Waals surface area contributed by atoms with Crippen LogP contribution >= 0.6 is 10.3 Å². The summed E-state index contributed by atoms with van der Waals surface area (Å²) >= 11 is 0. The topological polar surface area (TPSA) is 26.3 Å². The molecule has 0 aliphatic heterocycles. The minimum Gasteiger partial charge on any atom is -0.401 e. The number of rotatable bonds is 5. The first kappa shape index (κ1) is 28.6. The van der Waals surface area contributed by atoms with Gasteiger partial charge in [0.05, 0.1) is 5.41 Å². The van der Waals surface area contributed by atoms with E-state index in [0.29, 0.717) is 17.8 Å². The third-order valence-electron chi connectivity index (χ3n) is 10.3. The fraction of sp³-hybridized carbons (Fsp3) is 0.500. The van der Waals surface area contributed by atoms with Crippen LogP contribution in [0.5, 0.6) is 0 Å². The summed E-state index contributed by atoms with van der Waals surface area (Å²) < 4.78 is 7.53. The fourth-order valence-electron chi connectivity index (χ4n) is 9.85. The van der Waals surface area contributed by atoms with Crippen molar-refractivity contribution in [2.75, 3.05) is 0 Å². The molecule has 0 atom stereocenters. The summed E-state index contributed by atoms with van der Waals surface area (Å²) in [6.07, 6.45) is 6.97. The molecule has 0 aromatic heterocycles. The molecule has 0 unspecified atom stereocenters. The van der Waals surface area contributed by atoms with Crippen LogP contribution in [0.4, 0.5) is 0 Å². The van der Waals surface area contributed by atoms with Gasteiger partial charge in [0.15, 0.2) is 0 Å². The predicted molar refractivity (Wildman–Crippen MR) is 171 cm³/mol. The van der Waals surface area contributed by atoms with Gasteiger partial charge in [0, 0.05) is 14.7 Å². The molecule has 3 heteroatoms. The lowest BCUT2D eigenvalue weighted by atomic mass is 9.49. The van der Waals surface area contributed by atoms with Gasteiger partial charge in [-0.25, -0.2) is 0 Å². The average molecular weight is 569 g/mol. The van der Waals surface area contributed by atoms with Gasteiger partial charge in [-0.05, 0) is 162 Å². The highest BCUT2D eigenvalue weighted by Gasteiger charge is 2.57. The van der Waals surface area contributed by atoms with Crippen LogP contribution < -0.4 is 0 Å². The first-order chi connectivity index (χ1) is 19.3. The lowest BCUT2D eigenvalue weighted by Crippen LogP contribution is -2.50. The Morgan fingerprint density at radius 3 is 1.10 bits per heavy atom. The van der Waals surface area contributed by atoms with Crippen molar-refractivity contribution < 1.29 is 8.98 Å². The molecule has 3 aromatic carbocycles. The molecule has 7 rings (SSSR count). The Labute approximate surface area is 249 Å². The van der Waals surface area contributed by atoms with Gasteiger partial charge >= 0.3 is 5.97 Å². The quantitative estimate of drug-likeness (QED) is 0.306. The Morgan fingerprint density at radius 1 is 0.561 bits per heavy atom. The molecule has 2 nitrogen and oxygen atoms in total. The number of hydrogen-bond acceptors (Lipinski definition) is 2. The Kier molecular flexibility index (Phi) is 7.00. The SMILES string of the molecule is Cc1cc(C)c(S(OC(=O)C23CC4CC(CC(C4)C2)C3)(c2c(C)cc(C)cc2C)c2c(C)cc(C)cc2C)c(C)c1. The summed E-state index contributed by atoms with van der Waals surface area (Å²) in [5.41, 5.74) is 10.7. The van der Waals surface area contributed by atoms with E-state index in [4.69, 9.17) is 4.18 Å². The second kappa shape index (κ2) is 10.0. The average Bonchev–Trinajstić information content (AvgIpc) is 2.81. The maximum Gasteiger partial charge on any atom is 0.323 e. The lowest BCUT2D eigenvalue weighted by Gasteiger charge is -2.56. The zero-order valence-electron chi connectivity index (χ0n) is 26.7. The van der Waals surface area contributed by atoms with Gasteiger partial charge in [-0.1, -0.05) is 53.1 Å². The van der Waals surface area contributed by atoms with Crippen molar-refractivity contribution in [2.24, 2.45) is 23.2 Å². The van der Waals surface area contributed by atoms with Crippen LogP contribution in [-0.2, 0) is 8.98 Å². The first-order valence-electron chi connectivity index (χ1n) is 15.6. The summed E-state index contributed by atoms with van der Waals surface area (Å²) in [4.78, 5) is 18.7. The maximum atomic E-state index is 15.1. The fourth-order valence-corrected chi connectivity index (χ4v) is 14.2. The van der Waals surface area contributed by atoms with Crippen molar-refractivity contribution in [3.05, 3.63) is 86.5 Å². The summed E-state index contributed by atoms with van der Waals surface area (Å²) in [7, 11) is -2.41. The molecule has 0 heterocycles. The van der Waals surface area contributed by atoms with Gasteiger partial charge in [-0.15, -0.1) is 0 Å². The van der Waals surface area contributed by atoms with Crippen molar-refractivity contribution in [1.82, 2.24) is 0 Å². The predicted octanol–water partition coefficient (Wildman–Crippen LogP) is 10.4.